The van der Waals surface area contributed by atoms with E-state index in [9.17, 15) is 0 Å². The molecule has 2 heterocycles. The zero-order valence-corrected chi connectivity index (χ0v) is 11.9. The van der Waals surface area contributed by atoms with E-state index in [0.29, 0.717) is 18.2 Å². The van der Waals surface area contributed by atoms with Gasteiger partial charge in [-0.2, -0.15) is 0 Å². The van der Waals surface area contributed by atoms with Crippen LogP contribution in [0.2, 0.25) is 0 Å². The first-order valence-corrected chi connectivity index (χ1v) is 6.45. The number of thiocarbonyl (C=S) groups is 1. The molecule has 1 aromatic rings. The molecule has 2 N–H and O–H groups in total. The van der Waals surface area contributed by atoms with Crippen LogP contribution in [0, 0.1) is 6.92 Å². The van der Waals surface area contributed by atoms with Crippen molar-refractivity contribution in [3.8, 4) is 0 Å². The Labute approximate surface area is 113 Å². The first kappa shape index (κ1) is 13.2. The standard InChI is InChI=1S/C13H19N3OS/c1-9-4-5-10(11(14)18)12(15-9)16-6-7-17-8-13(16,2)3/h4-5H,6-8H2,1-3H3,(H2,14,18). The van der Waals surface area contributed by atoms with Crippen LogP contribution in [-0.2, 0) is 4.74 Å². The molecule has 0 aromatic carbocycles. The quantitative estimate of drug-likeness (QED) is 0.824. The second-order valence-corrected chi connectivity index (χ2v) is 5.64. The van der Waals surface area contributed by atoms with Gasteiger partial charge >= 0.3 is 0 Å². The highest BCUT2D eigenvalue weighted by atomic mass is 32.1. The molecule has 18 heavy (non-hydrogen) atoms. The zero-order valence-electron chi connectivity index (χ0n) is 11.1. The molecular formula is C13H19N3OS. The van der Waals surface area contributed by atoms with Crippen LogP contribution in [0.1, 0.15) is 25.1 Å². The summed E-state index contributed by atoms with van der Waals surface area (Å²) < 4.78 is 5.53. The van der Waals surface area contributed by atoms with Gasteiger partial charge in [0.25, 0.3) is 0 Å². The molecule has 0 saturated carbocycles. The summed E-state index contributed by atoms with van der Waals surface area (Å²) in [6, 6.07) is 3.89. The number of rotatable bonds is 2. The van der Waals surface area contributed by atoms with E-state index in [1.54, 1.807) is 0 Å². The van der Waals surface area contributed by atoms with Crippen molar-refractivity contribution in [3.05, 3.63) is 23.4 Å². The molecule has 1 aliphatic heterocycles. The first-order chi connectivity index (χ1) is 8.42. The van der Waals surface area contributed by atoms with Gasteiger partial charge in [-0.25, -0.2) is 4.98 Å². The average molecular weight is 265 g/mol. The second kappa shape index (κ2) is 4.82. The van der Waals surface area contributed by atoms with Crippen molar-refractivity contribution in [1.82, 2.24) is 4.98 Å². The summed E-state index contributed by atoms with van der Waals surface area (Å²) in [5, 5.41) is 0. The number of morpholine rings is 1. The lowest BCUT2D eigenvalue weighted by Crippen LogP contribution is -2.54. The van der Waals surface area contributed by atoms with E-state index in [1.807, 2.05) is 19.1 Å². The molecule has 1 aromatic heterocycles. The molecule has 0 unspecified atom stereocenters. The van der Waals surface area contributed by atoms with Gasteiger partial charge in [0.2, 0.25) is 0 Å². The Morgan fingerprint density at radius 1 is 1.50 bits per heavy atom. The van der Waals surface area contributed by atoms with Crippen molar-refractivity contribution < 1.29 is 4.74 Å². The number of pyridine rings is 1. The second-order valence-electron chi connectivity index (χ2n) is 5.20. The van der Waals surface area contributed by atoms with E-state index in [4.69, 9.17) is 22.7 Å². The maximum Gasteiger partial charge on any atom is 0.139 e. The smallest absolute Gasteiger partial charge is 0.139 e. The zero-order chi connectivity index (χ0) is 13.3. The molecule has 0 spiro atoms. The van der Waals surface area contributed by atoms with E-state index >= 15 is 0 Å². The topological polar surface area (TPSA) is 51.4 Å². The summed E-state index contributed by atoms with van der Waals surface area (Å²) in [6.07, 6.45) is 0. The molecule has 98 valence electrons. The molecule has 1 fully saturated rings. The molecule has 1 saturated heterocycles. The third-order valence-corrected chi connectivity index (χ3v) is 3.40. The van der Waals surface area contributed by atoms with Gasteiger partial charge < -0.3 is 15.4 Å². The Morgan fingerprint density at radius 2 is 2.22 bits per heavy atom. The molecule has 0 aliphatic carbocycles. The van der Waals surface area contributed by atoms with Gasteiger partial charge in [0.15, 0.2) is 0 Å². The summed E-state index contributed by atoms with van der Waals surface area (Å²) in [4.78, 5) is 7.24. The molecular weight excluding hydrogens is 246 g/mol. The molecule has 4 nitrogen and oxygen atoms in total. The third-order valence-electron chi connectivity index (χ3n) is 3.18. The van der Waals surface area contributed by atoms with Crippen molar-refractivity contribution in [1.29, 1.82) is 0 Å². The maximum absolute atomic E-state index is 5.79. The Hall–Kier alpha value is -1.20. The van der Waals surface area contributed by atoms with E-state index in [-0.39, 0.29) is 5.54 Å². The lowest BCUT2D eigenvalue weighted by atomic mass is 10.0. The largest absolute Gasteiger partial charge is 0.389 e. The number of aromatic nitrogens is 1. The fourth-order valence-electron chi connectivity index (χ4n) is 2.19. The van der Waals surface area contributed by atoms with E-state index in [1.165, 1.54) is 0 Å². The summed E-state index contributed by atoms with van der Waals surface area (Å²) in [5.74, 6) is 0.871. The number of aryl methyl sites for hydroxylation is 1. The summed E-state index contributed by atoms with van der Waals surface area (Å²) in [6.45, 7) is 8.44. The fraction of sp³-hybridized carbons (Fsp3) is 0.538. The Kier molecular flexibility index (Phi) is 3.54. The van der Waals surface area contributed by atoms with E-state index < -0.39 is 0 Å². The van der Waals surface area contributed by atoms with E-state index in [2.05, 4.69) is 23.7 Å². The van der Waals surface area contributed by atoms with Gasteiger partial charge in [-0.1, -0.05) is 12.2 Å². The van der Waals surface area contributed by atoms with Gasteiger partial charge in [-0.3, -0.25) is 0 Å². The highest BCUT2D eigenvalue weighted by Gasteiger charge is 2.33. The van der Waals surface area contributed by atoms with Crippen molar-refractivity contribution in [2.24, 2.45) is 5.73 Å². The number of ether oxygens (including phenoxy) is 1. The number of anilines is 1. The van der Waals surface area contributed by atoms with Gasteiger partial charge in [-0.05, 0) is 32.9 Å². The van der Waals surface area contributed by atoms with Crippen LogP contribution in [0.25, 0.3) is 0 Å². The molecule has 0 bridgehead atoms. The highest BCUT2D eigenvalue weighted by molar-refractivity contribution is 7.80. The number of hydrogen-bond donors (Lipinski definition) is 1. The minimum atomic E-state index is -0.0986. The van der Waals surface area contributed by atoms with Crippen LogP contribution < -0.4 is 10.6 Å². The first-order valence-electron chi connectivity index (χ1n) is 6.05. The van der Waals surface area contributed by atoms with Crippen LogP contribution in [-0.4, -0.2) is 35.3 Å². The fourth-order valence-corrected chi connectivity index (χ4v) is 2.35. The Balaban J connectivity index is 2.48. The normalized spacial score (nSPS) is 18.7. The monoisotopic (exact) mass is 265 g/mol. The van der Waals surface area contributed by atoms with Crippen molar-refractivity contribution in [3.63, 3.8) is 0 Å². The number of hydrogen-bond acceptors (Lipinski definition) is 4. The van der Waals surface area contributed by atoms with Gasteiger partial charge in [0.1, 0.15) is 10.8 Å². The lowest BCUT2D eigenvalue weighted by Gasteiger charge is -2.43. The molecule has 0 radical (unpaired) electrons. The van der Waals surface area contributed by atoms with E-state index in [0.717, 1.165) is 23.6 Å². The molecule has 2 rings (SSSR count). The number of nitrogens with two attached hydrogens (primary N) is 1. The minimum Gasteiger partial charge on any atom is -0.389 e. The summed E-state index contributed by atoms with van der Waals surface area (Å²) in [7, 11) is 0. The van der Waals surface area contributed by atoms with Crippen molar-refractivity contribution in [2.45, 2.75) is 26.3 Å². The predicted octanol–water partition coefficient (Wildman–Crippen LogP) is 1.64. The maximum atomic E-state index is 5.79. The van der Waals surface area contributed by atoms with Gasteiger partial charge in [0.05, 0.1) is 24.3 Å². The highest BCUT2D eigenvalue weighted by Crippen LogP contribution is 2.28. The molecule has 0 amide bonds. The van der Waals surface area contributed by atoms with Crippen LogP contribution in [0.15, 0.2) is 12.1 Å². The number of nitrogens with zero attached hydrogens (tertiary/aromatic N) is 2. The third kappa shape index (κ3) is 2.47. The minimum absolute atomic E-state index is 0.0986. The average Bonchev–Trinajstić information content (AvgIpc) is 2.27. The van der Waals surface area contributed by atoms with Gasteiger partial charge in [0, 0.05) is 12.2 Å². The molecule has 5 heteroatoms. The molecule has 1 aliphatic rings. The summed E-state index contributed by atoms with van der Waals surface area (Å²) in [5.41, 5.74) is 7.50. The van der Waals surface area contributed by atoms with Crippen molar-refractivity contribution in [2.75, 3.05) is 24.7 Å². The van der Waals surface area contributed by atoms with Crippen LogP contribution >= 0.6 is 12.2 Å². The van der Waals surface area contributed by atoms with Crippen molar-refractivity contribution >= 4 is 23.0 Å². The van der Waals surface area contributed by atoms with Crippen LogP contribution in [0.4, 0.5) is 5.82 Å². The Morgan fingerprint density at radius 3 is 2.83 bits per heavy atom. The summed E-state index contributed by atoms with van der Waals surface area (Å²) >= 11 is 5.12. The van der Waals surface area contributed by atoms with Crippen LogP contribution in [0.3, 0.4) is 0 Å². The van der Waals surface area contributed by atoms with Gasteiger partial charge in [-0.15, -0.1) is 0 Å². The molecule has 0 atom stereocenters. The van der Waals surface area contributed by atoms with Crippen LogP contribution in [0.5, 0.6) is 0 Å². The Bertz CT molecular complexity index is 473. The predicted molar refractivity (Wildman–Crippen MR) is 77.1 cm³/mol. The lowest BCUT2D eigenvalue weighted by molar-refractivity contribution is 0.0639. The SMILES string of the molecule is Cc1ccc(C(N)=S)c(N2CCOCC2(C)C)n1.